The summed E-state index contributed by atoms with van der Waals surface area (Å²) in [6.07, 6.45) is -3.34. The Bertz CT molecular complexity index is 438. The summed E-state index contributed by atoms with van der Waals surface area (Å²) in [6.45, 7) is 1.76. The average Bonchev–Trinajstić information content (AvgIpc) is 2.31. The summed E-state index contributed by atoms with van der Waals surface area (Å²) in [5.74, 6) is -2.05. The van der Waals surface area contributed by atoms with Gasteiger partial charge >= 0.3 is 5.97 Å². The monoisotopic (exact) mass is 263 g/mol. The molecule has 0 aliphatic carbocycles. The Labute approximate surface area is 102 Å². The number of hydrogen-bond acceptors (Lipinski definition) is 4. The Morgan fingerprint density at radius 1 is 1.50 bits per heavy atom. The zero-order chi connectivity index (χ0) is 13.7. The summed E-state index contributed by atoms with van der Waals surface area (Å²) >= 11 is 0. The Morgan fingerprint density at radius 2 is 2.17 bits per heavy atom. The van der Waals surface area contributed by atoms with Crippen LogP contribution < -0.4 is 4.74 Å². The summed E-state index contributed by atoms with van der Waals surface area (Å²) in [5.41, 5.74) is -0.933. The molecule has 0 aromatic carbocycles. The van der Waals surface area contributed by atoms with Gasteiger partial charge in [0.2, 0.25) is 5.95 Å². The Hall–Kier alpha value is -1.79. The van der Waals surface area contributed by atoms with E-state index in [4.69, 9.17) is 0 Å². The van der Waals surface area contributed by atoms with E-state index in [9.17, 15) is 18.0 Å². The van der Waals surface area contributed by atoms with Crippen LogP contribution in [0.1, 0.15) is 24.6 Å². The maximum absolute atomic E-state index is 13.4. The fraction of sp³-hybridized carbons (Fsp3) is 0.455. The van der Waals surface area contributed by atoms with E-state index < -0.39 is 24.0 Å². The summed E-state index contributed by atoms with van der Waals surface area (Å²) in [7, 11) is 1.16. The number of hydrogen-bond donors (Lipinski definition) is 0. The van der Waals surface area contributed by atoms with Crippen LogP contribution in [0.15, 0.2) is 6.07 Å². The van der Waals surface area contributed by atoms with Crippen molar-refractivity contribution < 1.29 is 27.4 Å². The summed E-state index contributed by atoms with van der Waals surface area (Å²) in [5, 5.41) is 0. The first-order valence-electron chi connectivity index (χ1n) is 5.16. The molecule has 0 aliphatic heterocycles. The Morgan fingerprint density at radius 3 is 2.67 bits per heavy atom. The molecule has 0 fully saturated rings. The molecule has 1 rings (SSSR count). The predicted octanol–water partition coefficient (Wildman–Crippen LogP) is 2.27. The predicted molar refractivity (Wildman–Crippen MR) is 56.0 cm³/mol. The van der Waals surface area contributed by atoms with Gasteiger partial charge in [0.15, 0.2) is 5.69 Å². The lowest BCUT2D eigenvalue weighted by Crippen LogP contribution is -2.11. The molecule has 0 unspecified atom stereocenters. The number of carbonyl (C=O) groups is 1. The molecule has 0 saturated carbocycles. The zero-order valence-electron chi connectivity index (χ0n) is 9.87. The molecule has 0 atom stereocenters. The number of ether oxygens (including phenoxy) is 2. The van der Waals surface area contributed by atoms with Crippen molar-refractivity contribution in [3.05, 3.63) is 23.3 Å². The quantitative estimate of drug-likeness (QED) is 0.604. The lowest BCUT2D eigenvalue weighted by Gasteiger charge is -2.10. The molecule has 1 aromatic rings. The molecule has 7 heteroatoms. The molecule has 0 bridgehead atoms. The lowest BCUT2D eigenvalue weighted by molar-refractivity contribution is -0.142. The van der Waals surface area contributed by atoms with Crippen molar-refractivity contribution in [2.24, 2.45) is 0 Å². The Balaban J connectivity index is 3.04. The molecule has 1 heterocycles. The maximum Gasteiger partial charge on any atom is 0.310 e. The first-order chi connectivity index (χ1) is 8.49. The number of rotatable bonds is 5. The number of alkyl halides is 2. The van der Waals surface area contributed by atoms with Crippen molar-refractivity contribution in [1.82, 2.24) is 4.98 Å². The normalized spacial score (nSPS) is 10.6. The van der Waals surface area contributed by atoms with Gasteiger partial charge in [-0.1, -0.05) is 0 Å². The van der Waals surface area contributed by atoms with Gasteiger partial charge < -0.3 is 9.47 Å². The molecule has 18 heavy (non-hydrogen) atoms. The van der Waals surface area contributed by atoms with E-state index in [1.165, 1.54) is 0 Å². The molecule has 0 aliphatic rings. The van der Waals surface area contributed by atoms with Crippen LogP contribution in [-0.4, -0.2) is 24.7 Å². The minimum atomic E-state index is -2.95. The molecule has 4 nitrogen and oxygen atoms in total. The molecule has 0 saturated heterocycles. The van der Waals surface area contributed by atoms with E-state index in [-0.39, 0.29) is 24.3 Å². The highest BCUT2D eigenvalue weighted by molar-refractivity contribution is 5.72. The van der Waals surface area contributed by atoms with E-state index in [1.807, 2.05) is 0 Å². The van der Waals surface area contributed by atoms with Gasteiger partial charge in [-0.3, -0.25) is 4.79 Å². The highest BCUT2D eigenvalue weighted by atomic mass is 19.3. The fourth-order valence-electron chi connectivity index (χ4n) is 1.34. The maximum atomic E-state index is 13.4. The van der Waals surface area contributed by atoms with Gasteiger partial charge in [0.1, 0.15) is 5.75 Å². The SMILES string of the molecule is CCOC(=O)Cc1cc(OC)c(C(F)F)nc1F. The zero-order valence-corrected chi connectivity index (χ0v) is 9.87. The van der Waals surface area contributed by atoms with Crippen LogP contribution in [0, 0.1) is 5.95 Å². The third-order valence-electron chi connectivity index (χ3n) is 2.11. The first-order valence-corrected chi connectivity index (χ1v) is 5.16. The van der Waals surface area contributed by atoms with Gasteiger partial charge in [-0.15, -0.1) is 0 Å². The Kier molecular flexibility index (Phi) is 4.94. The van der Waals surface area contributed by atoms with Gasteiger partial charge in [-0.25, -0.2) is 13.8 Å². The minimum Gasteiger partial charge on any atom is -0.495 e. The molecule has 0 N–H and O–H groups in total. The molecule has 1 aromatic heterocycles. The van der Waals surface area contributed by atoms with Crippen LogP contribution in [0.3, 0.4) is 0 Å². The van der Waals surface area contributed by atoms with Gasteiger partial charge in [0.05, 0.1) is 20.1 Å². The topological polar surface area (TPSA) is 48.4 Å². The van der Waals surface area contributed by atoms with Crippen LogP contribution in [0.25, 0.3) is 0 Å². The smallest absolute Gasteiger partial charge is 0.310 e. The third kappa shape index (κ3) is 3.35. The van der Waals surface area contributed by atoms with Crippen LogP contribution in [0.5, 0.6) is 5.75 Å². The second-order valence-electron chi connectivity index (χ2n) is 3.31. The summed E-state index contributed by atoms with van der Waals surface area (Å²) in [6, 6.07) is 1.03. The summed E-state index contributed by atoms with van der Waals surface area (Å²) in [4.78, 5) is 14.3. The number of nitrogens with zero attached hydrogens (tertiary/aromatic N) is 1. The standard InChI is InChI=1S/C11H12F3NO3/c1-3-18-8(16)5-6-4-7(17-2)9(10(12)13)15-11(6)14/h4,10H,3,5H2,1-2H3. The minimum absolute atomic E-state index is 0.144. The number of esters is 1. The summed E-state index contributed by atoms with van der Waals surface area (Å²) < 4.78 is 47.7. The van der Waals surface area contributed by atoms with Crippen LogP contribution in [-0.2, 0) is 16.0 Å². The van der Waals surface area contributed by atoms with Crippen molar-refractivity contribution in [2.45, 2.75) is 19.8 Å². The van der Waals surface area contributed by atoms with Crippen molar-refractivity contribution in [2.75, 3.05) is 13.7 Å². The van der Waals surface area contributed by atoms with Gasteiger partial charge in [-0.05, 0) is 13.0 Å². The van der Waals surface area contributed by atoms with E-state index >= 15 is 0 Å². The molecular formula is C11H12F3NO3. The molecule has 0 spiro atoms. The van der Waals surface area contributed by atoms with E-state index in [2.05, 4.69) is 14.5 Å². The van der Waals surface area contributed by atoms with Crippen molar-refractivity contribution in [1.29, 1.82) is 0 Å². The number of aromatic nitrogens is 1. The highest BCUT2D eigenvalue weighted by Crippen LogP contribution is 2.28. The fourth-order valence-corrected chi connectivity index (χ4v) is 1.34. The number of pyridine rings is 1. The van der Waals surface area contributed by atoms with Crippen LogP contribution in [0.2, 0.25) is 0 Å². The van der Waals surface area contributed by atoms with Gasteiger partial charge in [0, 0.05) is 5.56 Å². The average molecular weight is 263 g/mol. The third-order valence-corrected chi connectivity index (χ3v) is 2.11. The van der Waals surface area contributed by atoms with E-state index in [0.717, 1.165) is 13.2 Å². The van der Waals surface area contributed by atoms with E-state index in [1.54, 1.807) is 6.92 Å². The molecule has 0 radical (unpaired) electrons. The van der Waals surface area contributed by atoms with Gasteiger partial charge in [0.25, 0.3) is 6.43 Å². The number of methoxy groups -OCH3 is 1. The first kappa shape index (κ1) is 14.3. The highest BCUT2D eigenvalue weighted by Gasteiger charge is 2.21. The van der Waals surface area contributed by atoms with Crippen molar-refractivity contribution in [3.63, 3.8) is 0 Å². The van der Waals surface area contributed by atoms with Crippen molar-refractivity contribution in [3.8, 4) is 5.75 Å². The van der Waals surface area contributed by atoms with Gasteiger partial charge in [-0.2, -0.15) is 4.39 Å². The van der Waals surface area contributed by atoms with Crippen LogP contribution in [0.4, 0.5) is 13.2 Å². The van der Waals surface area contributed by atoms with Crippen LogP contribution >= 0.6 is 0 Å². The number of carbonyl (C=O) groups excluding carboxylic acids is 1. The van der Waals surface area contributed by atoms with E-state index in [0.29, 0.717) is 0 Å². The molecule has 0 amide bonds. The van der Waals surface area contributed by atoms with Crippen molar-refractivity contribution >= 4 is 5.97 Å². The number of halogens is 3. The lowest BCUT2D eigenvalue weighted by atomic mass is 10.1. The second-order valence-corrected chi connectivity index (χ2v) is 3.31. The molecular weight excluding hydrogens is 251 g/mol. The molecule has 100 valence electrons. The second kappa shape index (κ2) is 6.23. The largest absolute Gasteiger partial charge is 0.495 e.